The van der Waals surface area contributed by atoms with Gasteiger partial charge in [0.15, 0.2) is 0 Å². The van der Waals surface area contributed by atoms with Crippen molar-refractivity contribution in [2.45, 2.75) is 26.2 Å². The molecule has 0 radical (unpaired) electrons. The second-order valence-electron chi connectivity index (χ2n) is 13.8. The van der Waals surface area contributed by atoms with E-state index in [2.05, 4.69) is 145 Å². The van der Waals surface area contributed by atoms with Gasteiger partial charge in [0.25, 0.3) is 0 Å². The van der Waals surface area contributed by atoms with E-state index in [1.165, 1.54) is 27.8 Å². The van der Waals surface area contributed by atoms with E-state index in [1.807, 2.05) is 54.6 Å². The molecule has 4 nitrogen and oxygen atoms in total. The van der Waals surface area contributed by atoms with Crippen molar-refractivity contribution in [3.8, 4) is 16.8 Å². The quantitative estimate of drug-likeness (QED) is 0.110. The van der Waals surface area contributed by atoms with Crippen molar-refractivity contribution in [2.75, 3.05) is 5.32 Å². The Bertz CT molecular complexity index is 2730. The van der Waals surface area contributed by atoms with Crippen molar-refractivity contribution < 1.29 is 0 Å². The molecule has 0 atom stereocenters. The van der Waals surface area contributed by atoms with E-state index in [4.69, 9.17) is 10.7 Å². The number of benzene rings is 6. The number of hydrogen-bond acceptors (Lipinski definition) is 2. The van der Waals surface area contributed by atoms with Crippen LogP contribution in [0.25, 0.3) is 52.0 Å². The van der Waals surface area contributed by atoms with Crippen molar-refractivity contribution in [2.24, 2.45) is 10.7 Å². The topological polar surface area (TPSA) is 55.3 Å². The number of allylic oxidation sites excluding steroid dienone is 2. The van der Waals surface area contributed by atoms with Crippen LogP contribution in [-0.4, -0.2) is 10.4 Å². The molecule has 55 heavy (non-hydrogen) atoms. The number of nitrogens with zero attached hydrogens (tertiary/aromatic N) is 2. The third-order valence-corrected chi connectivity index (χ3v) is 10.4. The molecule has 4 heteroatoms. The van der Waals surface area contributed by atoms with Crippen LogP contribution >= 0.6 is 0 Å². The number of hydrogen-bond donors (Lipinski definition) is 2. The molecule has 0 fully saturated rings. The molecule has 0 saturated carbocycles. The molecule has 6 aromatic carbocycles. The smallest absolute Gasteiger partial charge is 0.131 e. The van der Waals surface area contributed by atoms with Crippen LogP contribution in [0.5, 0.6) is 0 Å². The maximum absolute atomic E-state index is 6.73. The lowest BCUT2D eigenvalue weighted by molar-refractivity contribution is 0.986. The highest BCUT2D eigenvalue weighted by Gasteiger charge is 2.15. The number of aryl methyl sites for hydroxylation is 1. The average Bonchev–Trinajstić information content (AvgIpc) is 3.53. The van der Waals surface area contributed by atoms with Crippen LogP contribution in [0.15, 0.2) is 164 Å². The summed E-state index contributed by atoms with van der Waals surface area (Å²) in [6, 6.07) is 46.8. The van der Waals surface area contributed by atoms with Gasteiger partial charge in [0.1, 0.15) is 5.84 Å². The van der Waals surface area contributed by atoms with Crippen LogP contribution < -0.4 is 21.6 Å². The molecule has 0 spiro atoms. The Morgan fingerprint density at radius 1 is 0.855 bits per heavy atom. The van der Waals surface area contributed by atoms with E-state index < -0.39 is 0 Å². The number of aliphatic imine (C=N–C) groups is 1. The molecule has 0 unspecified atom stereocenters. The summed E-state index contributed by atoms with van der Waals surface area (Å²) >= 11 is 0. The van der Waals surface area contributed by atoms with Crippen molar-refractivity contribution >= 4 is 58.1 Å². The molecule has 0 bridgehead atoms. The Hall–Kier alpha value is -6.91. The summed E-state index contributed by atoms with van der Waals surface area (Å²) in [5.74, 6) is 0.471. The summed E-state index contributed by atoms with van der Waals surface area (Å²) < 4.78 is 2.27. The van der Waals surface area contributed by atoms with E-state index in [0.29, 0.717) is 5.84 Å². The lowest BCUT2D eigenvalue weighted by atomic mass is 9.89. The first kappa shape index (κ1) is 35.1. The SMILES string of the molecule is C=C/C=c1\c(=C/C)c2cc(C=C)c(Nc3ccccc3)cc2n1-c1ccc(C(N)=Nc2ccccc2Cc2ccc(-c3cccc4c3C=CCC4)cc2)cc1. The fourth-order valence-corrected chi connectivity index (χ4v) is 7.69. The minimum atomic E-state index is 0.471. The molecule has 7 aromatic rings. The number of anilines is 2. The number of aromatic nitrogens is 1. The van der Waals surface area contributed by atoms with Crippen LogP contribution in [0.4, 0.5) is 17.1 Å². The summed E-state index contributed by atoms with van der Waals surface area (Å²) in [7, 11) is 0. The van der Waals surface area contributed by atoms with Crippen molar-refractivity contribution in [3.05, 3.63) is 203 Å². The van der Waals surface area contributed by atoms with E-state index in [-0.39, 0.29) is 0 Å². The van der Waals surface area contributed by atoms with Crippen molar-refractivity contribution in [3.63, 3.8) is 0 Å². The Morgan fingerprint density at radius 2 is 1.64 bits per heavy atom. The maximum atomic E-state index is 6.73. The normalized spacial score (nSPS) is 13.2. The highest BCUT2D eigenvalue weighted by Crippen LogP contribution is 2.32. The fraction of sp³-hybridized carbons (Fsp3) is 0.0784. The summed E-state index contributed by atoms with van der Waals surface area (Å²) in [5, 5.41) is 6.92. The Morgan fingerprint density at radius 3 is 2.40 bits per heavy atom. The number of para-hydroxylation sites is 2. The van der Waals surface area contributed by atoms with Gasteiger partial charge >= 0.3 is 0 Å². The zero-order valence-electron chi connectivity index (χ0n) is 31.2. The number of amidine groups is 1. The second kappa shape index (κ2) is 15.6. The highest BCUT2D eigenvalue weighted by molar-refractivity contribution is 5.99. The Labute approximate surface area is 323 Å². The van der Waals surface area contributed by atoms with Gasteiger partial charge in [0, 0.05) is 33.2 Å². The summed E-state index contributed by atoms with van der Waals surface area (Å²) in [4.78, 5) is 4.96. The molecule has 1 aromatic heterocycles. The lowest BCUT2D eigenvalue weighted by Gasteiger charge is -2.15. The first-order valence-electron chi connectivity index (χ1n) is 18.9. The van der Waals surface area contributed by atoms with Gasteiger partial charge in [0.2, 0.25) is 0 Å². The van der Waals surface area contributed by atoms with Gasteiger partial charge in [-0.2, -0.15) is 0 Å². The number of nitrogens with one attached hydrogen (secondary N) is 1. The summed E-state index contributed by atoms with van der Waals surface area (Å²) in [5.41, 5.74) is 21.2. The van der Waals surface area contributed by atoms with Gasteiger partial charge in [-0.3, -0.25) is 0 Å². The number of rotatable bonds is 10. The van der Waals surface area contributed by atoms with E-state index in [0.717, 1.165) is 80.2 Å². The zero-order chi connectivity index (χ0) is 37.7. The van der Waals surface area contributed by atoms with Gasteiger partial charge < -0.3 is 15.6 Å². The van der Waals surface area contributed by atoms with E-state index >= 15 is 0 Å². The molecular weight excluding hydrogens is 669 g/mol. The first-order chi connectivity index (χ1) is 27.0. The molecular formula is C51H44N4. The maximum Gasteiger partial charge on any atom is 0.131 e. The molecule has 268 valence electrons. The van der Waals surface area contributed by atoms with Gasteiger partial charge in [-0.1, -0.05) is 122 Å². The third-order valence-electron chi connectivity index (χ3n) is 10.4. The van der Waals surface area contributed by atoms with Crippen LogP contribution in [-0.2, 0) is 12.8 Å². The van der Waals surface area contributed by atoms with Gasteiger partial charge in [-0.05, 0) is 126 Å². The van der Waals surface area contributed by atoms with E-state index in [9.17, 15) is 0 Å². The molecule has 3 N–H and O–H groups in total. The Kier molecular flexibility index (Phi) is 9.96. The van der Waals surface area contributed by atoms with E-state index in [1.54, 1.807) is 0 Å². The molecule has 0 saturated heterocycles. The average molecular weight is 713 g/mol. The molecule has 1 heterocycles. The van der Waals surface area contributed by atoms with Crippen LogP contribution in [0.2, 0.25) is 0 Å². The monoisotopic (exact) mass is 712 g/mol. The first-order valence-corrected chi connectivity index (χ1v) is 18.9. The predicted molar refractivity (Wildman–Crippen MR) is 236 cm³/mol. The van der Waals surface area contributed by atoms with Crippen molar-refractivity contribution in [1.82, 2.24) is 4.57 Å². The third kappa shape index (κ3) is 7.10. The fourth-order valence-electron chi connectivity index (χ4n) is 7.69. The zero-order valence-corrected chi connectivity index (χ0v) is 31.2. The number of nitrogens with two attached hydrogens (primary N) is 1. The molecule has 0 aliphatic heterocycles. The van der Waals surface area contributed by atoms with Crippen LogP contribution in [0.3, 0.4) is 0 Å². The lowest BCUT2D eigenvalue weighted by Crippen LogP contribution is -2.28. The van der Waals surface area contributed by atoms with Crippen molar-refractivity contribution in [1.29, 1.82) is 0 Å². The summed E-state index contributed by atoms with van der Waals surface area (Å²) in [6.07, 6.45) is 15.5. The largest absolute Gasteiger partial charge is 0.383 e. The second-order valence-corrected chi connectivity index (χ2v) is 13.8. The van der Waals surface area contributed by atoms with Gasteiger partial charge in [0.05, 0.1) is 16.6 Å². The minimum absolute atomic E-state index is 0.471. The Balaban J connectivity index is 1.09. The number of fused-ring (bicyclic) bond motifs is 2. The highest BCUT2D eigenvalue weighted by atomic mass is 15.0. The molecule has 8 rings (SSSR count). The summed E-state index contributed by atoms with van der Waals surface area (Å²) in [6.45, 7) is 10.2. The molecule has 1 aliphatic rings. The molecule has 0 amide bonds. The minimum Gasteiger partial charge on any atom is -0.383 e. The van der Waals surface area contributed by atoms with Crippen LogP contribution in [0, 0.1) is 0 Å². The predicted octanol–water partition coefficient (Wildman–Crippen LogP) is 11.0. The molecule has 1 aliphatic carbocycles. The standard InChI is InChI=1S/C51H44N4/c1-4-15-49-43(6-3)46-33-36(5-2)48(53-41-19-8-7-9-20-41)34-50(46)55(49)42-30-28-39(29-31-42)51(52)54-47-23-13-11-17-40(47)32-35-24-26-38(27-25-35)45-22-14-18-37-16-10-12-21-44(37)45/h4-9,11-15,17-31,33-34,53H,1-2,10,16,32H2,3H3,(H2,52,54)/b43-6-,49-15+. The van der Waals surface area contributed by atoms with Gasteiger partial charge in [-0.15, -0.1) is 0 Å². The van der Waals surface area contributed by atoms with Crippen LogP contribution in [0.1, 0.15) is 46.7 Å². The van der Waals surface area contributed by atoms with Gasteiger partial charge in [-0.25, -0.2) is 4.99 Å².